The summed E-state index contributed by atoms with van der Waals surface area (Å²) in [5, 5.41) is 10.9. The number of benzene rings is 1. The Labute approximate surface area is 124 Å². The van der Waals surface area contributed by atoms with Crippen LogP contribution in [0.5, 0.6) is 11.5 Å². The smallest absolute Gasteiger partial charge is 0.145 e. The Balaban J connectivity index is 2.20. The first-order valence-electron chi connectivity index (χ1n) is 6.97. The zero-order valence-electron chi connectivity index (χ0n) is 12.8. The van der Waals surface area contributed by atoms with Crippen LogP contribution in [-0.2, 0) is 6.61 Å². The van der Waals surface area contributed by atoms with Crippen LogP contribution in [0.1, 0.15) is 36.8 Å². The van der Waals surface area contributed by atoms with E-state index >= 15 is 0 Å². The first-order chi connectivity index (χ1) is 10.2. The van der Waals surface area contributed by atoms with Crippen molar-refractivity contribution < 1.29 is 14.1 Å². The number of aryl methyl sites for hydroxylation is 1. The van der Waals surface area contributed by atoms with Gasteiger partial charge in [0.05, 0.1) is 7.11 Å². The van der Waals surface area contributed by atoms with Crippen molar-refractivity contribution in [2.24, 2.45) is 0 Å². The van der Waals surface area contributed by atoms with Crippen LogP contribution >= 0.6 is 0 Å². The van der Waals surface area contributed by atoms with Gasteiger partial charge >= 0.3 is 0 Å². The number of methoxy groups -OCH3 is 1. The van der Waals surface area contributed by atoms with E-state index in [1.807, 2.05) is 25.1 Å². The van der Waals surface area contributed by atoms with Crippen LogP contribution in [-0.4, -0.2) is 24.0 Å². The number of nitrogens with zero attached hydrogens (tertiary/aromatic N) is 2. The van der Waals surface area contributed by atoms with Gasteiger partial charge in [0, 0.05) is 17.7 Å². The van der Waals surface area contributed by atoms with Gasteiger partial charge in [0.15, 0.2) is 0 Å². The Morgan fingerprint density at radius 2 is 2.14 bits per heavy atom. The number of rotatable bonds is 7. The zero-order valence-corrected chi connectivity index (χ0v) is 12.8. The van der Waals surface area contributed by atoms with Gasteiger partial charge in [0.2, 0.25) is 0 Å². The topological polar surface area (TPSA) is 69.4 Å². The molecule has 0 spiro atoms. The molecule has 21 heavy (non-hydrogen) atoms. The lowest BCUT2D eigenvalue weighted by Crippen LogP contribution is -2.18. The molecule has 1 aromatic heterocycles. The second-order valence-electron chi connectivity index (χ2n) is 4.77. The predicted octanol–water partition coefficient (Wildman–Crippen LogP) is 2.64. The van der Waals surface area contributed by atoms with E-state index in [0.717, 1.165) is 29.3 Å². The van der Waals surface area contributed by atoms with Gasteiger partial charge in [0.25, 0.3) is 0 Å². The normalized spacial score (nSPS) is 12.2. The van der Waals surface area contributed by atoms with Crippen molar-refractivity contribution in [3.05, 3.63) is 35.2 Å². The van der Waals surface area contributed by atoms with Gasteiger partial charge in [-0.15, -0.1) is 0 Å². The van der Waals surface area contributed by atoms with E-state index in [2.05, 4.69) is 34.1 Å². The van der Waals surface area contributed by atoms with Crippen LogP contribution < -0.4 is 14.8 Å². The van der Waals surface area contributed by atoms with E-state index in [-0.39, 0.29) is 6.04 Å². The average molecular weight is 291 g/mol. The summed E-state index contributed by atoms with van der Waals surface area (Å²) in [5.41, 5.74) is 2.51. The molecular formula is C15H21N3O3. The lowest BCUT2D eigenvalue weighted by atomic mass is 10.1. The molecule has 0 amide bonds. The molecule has 0 saturated heterocycles. The summed E-state index contributed by atoms with van der Waals surface area (Å²) in [6.07, 6.45) is 0. The van der Waals surface area contributed by atoms with Crippen molar-refractivity contribution in [2.75, 3.05) is 13.7 Å². The second kappa shape index (κ2) is 7.08. The highest BCUT2D eigenvalue weighted by Gasteiger charge is 2.14. The Morgan fingerprint density at radius 1 is 1.33 bits per heavy atom. The molecular weight excluding hydrogens is 270 g/mol. The fourth-order valence-corrected chi connectivity index (χ4v) is 2.07. The molecule has 1 atom stereocenters. The van der Waals surface area contributed by atoms with Crippen molar-refractivity contribution in [1.29, 1.82) is 0 Å². The summed E-state index contributed by atoms with van der Waals surface area (Å²) in [6, 6.07) is 6.01. The summed E-state index contributed by atoms with van der Waals surface area (Å²) in [6.45, 7) is 7.21. The van der Waals surface area contributed by atoms with Gasteiger partial charge in [-0.1, -0.05) is 23.3 Å². The molecule has 114 valence electrons. The van der Waals surface area contributed by atoms with Crippen LogP contribution in [0, 0.1) is 6.92 Å². The van der Waals surface area contributed by atoms with Crippen molar-refractivity contribution in [3.8, 4) is 11.5 Å². The highest BCUT2D eigenvalue weighted by Crippen LogP contribution is 2.30. The monoisotopic (exact) mass is 291 g/mol. The number of hydrogen-bond donors (Lipinski definition) is 1. The van der Waals surface area contributed by atoms with Crippen molar-refractivity contribution in [1.82, 2.24) is 15.6 Å². The summed E-state index contributed by atoms with van der Waals surface area (Å²) >= 11 is 0. The van der Waals surface area contributed by atoms with Crippen molar-refractivity contribution >= 4 is 0 Å². The quantitative estimate of drug-likeness (QED) is 0.845. The number of hydrogen-bond acceptors (Lipinski definition) is 6. The van der Waals surface area contributed by atoms with Crippen LogP contribution in [0.25, 0.3) is 0 Å². The fourth-order valence-electron chi connectivity index (χ4n) is 2.07. The second-order valence-corrected chi connectivity index (χ2v) is 4.77. The Morgan fingerprint density at radius 3 is 2.76 bits per heavy atom. The van der Waals surface area contributed by atoms with Crippen LogP contribution in [0.4, 0.5) is 0 Å². The van der Waals surface area contributed by atoms with Gasteiger partial charge < -0.3 is 14.8 Å². The average Bonchev–Trinajstić information content (AvgIpc) is 2.90. The molecule has 0 radical (unpaired) electrons. The predicted molar refractivity (Wildman–Crippen MR) is 78.5 cm³/mol. The zero-order chi connectivity index (χ0) is 15.2. The summed E-state index contributed by atoms with van der Waals surface area (Å²) < 4.78 is 15.8. The fraction of sp³-hybridized carbons (Fsp3) is 0.467. The van der Waals surface area contributed by atoms with Gasteiger partial charge in [-0.2, -0.15) is 0 Å². The molecule has 0 aliphatic rings. The molecule has 0 fully saturated rings. The molecule has 0 saturated carbocycles. The molecule has 0 bridgehead atoms. The Bertz CT molecular complexity index is 583. The molecule has 1 N–H and O–H groups in total. The Hall–Kier alpha value is -2.08. The minimum Gasteiger partial charge on any atom is -0.497 e. The number of nitrogens with one attached hydrogen (secondary N) is 1. The third-order valence-electron chi connectivity index (χ3n) is 3.31. The molecule has 1 unspecified atom stereocenters. The molecule has 6 heteroatoms. The molecule has 0 aliphatic carbocycles. The maximum atomic E-state index is 5.89. The highest BCUT2D eigenvalue weighted by molar-refractivity contribution is 5.42. The minimum atomic E-state index is 0.187. The van der Waals surface area contributed by atoms with E-state index in [9.17, 15) is 0 Å². The maximum absolute atomic E-state index is 5.89. The van der Waals surface area contributed by atoms with Gasteiger partial charge in [-0.25, -0.2) is 4.63 Å². The molecule has 6 nitrogen and oxygen atoms in total. The number of ether oxygens (including phenoxy) is 2. The minimum absolute atomic E-state index is 0.187. The van der Waals surface area contributed by atoms with Crippen LogP contribution in [0.15, 0.2) is 22.8 Å². The van der Waals surface area contributed by atoms with E-state index < -0.39 is 0 Å². The highest BCUT2D eigenvalue weighted by atomic mass is 16.6. The largest absolute Gasteiger partial charge is 0.497 e. The van der Waals surface area contributed by atoms with E-state index in [0.29, 0.717) is 12.3 Å². The van der Waals surface area contributed by atoms with E-state index in [1.54, 1.807) is 7.11 Å². The molecule has 2 aromatic rings. The van der Waals surface area contributed by atoms with Gasteiger partial charge in [-0.3, -0.25) is 0 Å². The molecule has 1 aromatic carbocycles. The van der Waals surface area contributed by atoms with Gasteiger partial charge in [0.1, 0.15) is 29.5 Å². The van der Waals surface area contributed by atoms with Gasteiger partial charge in [-0.05, 0) is 26.5 Å². The maximum Gasteiger partial charge on any atom is 0.145 e. The lowest BCUT2D eigenvalue weighted by molar-refractivity contribution is 0.266. The first kappa shape index (κ1) is 15.3. The summed E-state index contributed by atoms with van der Waals surface area (Å²) in [7, 11) is 1.64. The standard InChI is InChI=1S/C15H21N3O3/c1-5-16-10(2)13-7-6-12(19-4)8-15(13)20-9-14-11(3)17-21-18-14/h6-8,10,16H,5,9H2,1-4H3. The van der Waals surface area contributed by atoms with Crippen molar-refractivity contribution in [2.45, 2.75) is 33.4 Å². The molecule has 2 rings (SSSR count). The summed E-state index contributed by atoms with van der Waals surface area (Å²) in [5.74, 6) is 1.53. The SMILES string of the molecule is CCNC(C)c1ccc(OC)cc1OCc1nonc1C. The third-order valence-corrected chi connectivity index (χ3v) is 3.31. The van der Waals surface area contributed by atoms with E-state index in [1.165, 1.54) is 0 Å². The first-order valence-corrected chi connectivity index (χ1v) is 6.97. The van der Waals surface area contributed by atoms with E-state index in [4.69, 9.17) is 9.47 Å². The Kier molecular flexibility index (Phi) is 5.16. The lowest BCUT2D eigenvalue weighted by Gasteiger charge is -2.18. The summed E-state index contributed by atoms with van der Waals surface area (Å²) in [4.78, 5) is 0. The molecule has 0 aliphatic heterocycles. The number of aromatic nitrogens is 2. The van der Waals surface area contributed by atoms with Crippen molar-refractivity contribution in [3.63, 3.8) is 0 Å². The van der Waals surface area contributed by atoms with Crippen LogP contribution in [0.2, 0.25) is 0 Å². The molecule has 1 heterocycles. The third kappa shape index (κ3) is 3.72. The van der Waals surface area contributed by atoms with Crippen LogP contribution in [0.3, 0.4) is 0 Å².